The molecule has 0 radical (unpaired) electrons. The highest BCUT2D eigenvalue weighted by atomic mass is 35.5. The van der Waals surface area contributed by atoms with Crippen molar-refractivity contribution in [2.45, 2.75) is 50.9 Å². The molecule has 0 atom stereocenters. The molecule has 4 aromatic rings. The van der Waals surface area contributed by atoms with Crippen LogP contribution in [-0.2, 0) is 22.9 Å². The first kappa shape index (κ1) is 35.9. The summed E-state index contributed by atoms with van der Waals surface area (Å²) in [5.74, 6) is 3.02. The maximum absolute atomic E-state index is 15.6. The van der Waals surface area contributed by atoms with Crippen molar-refractivity contribution in [2.75, 3.05) is 37.2 Å². The zero-order chi connectivity index (χ0) is 34.5. The molecule has 0 bridgehead atoms. The van der Waals surface area contributed by atoms with Crippen molar-refractivity contribution in [2.24, 2.45) is 0 Å². The number of ether oxygens (including phenoxy) is 2. The summed E-state index contributed by atoms with van der Waals surface area (Å²) in [7, 11) is 0.110. The molecule has 4 heterocycles. The number of hydrogen-bond acceptors (Lipinski definition) is 9. The minimum Gasteiger partial charge on any atom is -0.496 e. The fourth-order valence-electron chi connectivity index (χ4n) is 6.32. The number of aromatic nitrogens is 2. The third kappa shape index (κ3) is 8.35. The zero-order valence-electron chi connectivity index (χ0n) is 27.4. The van der Waals surface area contributed by atoms with Crippen molar-refractivity contribution in [1.29, 1.82) is 0 Å². The maximum atomic E-state index is 15.6. The molecule has 2 aliphatic rings. The van der Waals surface area contributed by atoms with E-state index in [9.17, 15) is 8.42 Å². The van der Waals surface area contributed by atoms with Crippen molar-refractivity contribution in [3.8, 4) is 45.3 Å². The van der Waals surface area contributed by atoms with Gasteiger partial charge < -0.3 is 20.1 Å². The van der Waals surface area contributed by atoms with Gasteiger partial charge in [-0.05, 0) is 61.5 Å². The molecule has 8 nitrogen and oxygen atoms in total. The Morgan fingerprint density at radius 2 is 1.57 bits per heavy atom. The average molecular weight is 746 g/mol. The zero-order valence-corrected chi connectivity index (χ0v) is 30.5. The van der Waals surface area contributed by atoms with Gasteiger partial charge in [-0.25, -0.2) is 17.8 Å². The monoisotopic (exact) mass is 744 g/mol. The summed E-state index contributed by atoms with van der Waals surface area (Å²) in [6.45, 7) is 0.866. The summed E-state index contributed by atoms with van der Waals surface area (Å²) in [4.78, 5) is 9.31. The minimum absolute atomic E-state index is 0.0163. The molecule has 0 amide bonds. The SMILES string of the molecule is COc1cc(-c2nccc(-c3cccc(-c4ccc(CNC5CCSCC5)c(OC)n4)c3Cl)c2Cl)cc(F)c1CNC1CCS(=O)(=O)CC1. The Bertz CT molecular complexity index is 1910. The molecule has 260 valence electrons. The van der Waals surface area contributed by atoms with Crippen molar-refractivity contribution < 1.29 is 22.3 Å². The van der Waals surface area contributed by atoms with Gasteiger partial charge in [-0.3, -0.25) is 4.98 Å². The van der Waals surface area contributed by atoms with Crippen LogP contribution in [0.2, 0.25) is 10.0 Å². The molecule has 2 fully saturated rings. The number of thioether (sulfide) groups is 1. The molecule has 49 heavy (non-hydrogen) atoms. The summed E-state index contributed by atoms with van der Waals surface area (Å²) < 4.78 is 50.5. The lowest BCUT2D eigenvalue weighted by Crippen LogP contribution is -2.37. The molecule has 2 saturated heterocycles. The Labute approximate surface area is 301 Å². The first-order chi connectivity index (χ1) is 23.7. The normalized spacial score (nSPS) is 16.8. The van der Waals surface area contributed by atoms with Gasteiger partial charge in [-0.15, -0.1) is 0 Å². The highest BCUT2D eigenvalue weighted by Crippen LogP contribution is 2.42. The molecule has 0 saturated carbocycles. The molecule has 2 N–H and O–H groups in total. The van der Waals surface area contributed by atoms with E-state index >= 15 is 4.39 Å². The smallest absolute Gasteiger partial charge is 0.218 e. The summed E-state index contributed by atoms with van der Waals surface area (Å²) >= 11 is 16.1. The minimum atomic E-state index is -2.99. The molecular weight excluding hydrogens is 706 g/mol. The lowest BCUT2D eigenvalue weighted by molar-refractivity contribution is 0.387. The Morgan fingerprint density at radius 1 is 0.878 bits per heavy atom. The van der Waals surface area contributed by atoms with Crippen LogP contribution >= 0.6 is 35.0 Å². The van der Waals surface area contributed by atoms with Crippen molar-refractivity contribution in [3.63, 3.8) is 0 Å². The molecule has 6 rings (SSSR count). The lowest BCUT2D eigenvalue weighted by Gasteiger charge is -2.24. The Kier molecular flexibility index (Phi) is 11.7. The Morgan fingerprint density at radius 3 is 2.31 bits per heavy atom. The third-order valence-corrected chi connectivity index (χ3v) is 12.7. The lowest BCUT2D eigenvalue weighted by atomic mass is 9.99. The van der Waals surface area contributed by atoms with Crippen molar-refractivity contribution >= 4 is 44.8 Å². The van der Waals surface area contributed by atoms with Gasteiger partial charge in [0.1, 0.15) is 21.4 Å². The number of hydrogen-bond donors (Lipinski definition) is 2. The second-order valence-electron chi connectivity index (χ2n) is 12.3. The predicted octanol–water partition coefficient (Wildman–Crippen LogP) is 7.59. The summed E-state index contributed by atoms with van der Waals surface area (Å²) in [6.07, 6.45) is 4.91. The van der Waals surface area contributed by atoms with Crippen LogP contribution in [0.25, 0.3) is 33.6 Å². The van der Waals surface area contributed by atoms with E-state index in [0.717, 1.165) is 24.0 Å². The maximum Gasteiger partial charge on any atom is 0.218 e. The summed E-state index contributed by atoms with van der Waals surface area (Å²) in [5.41, 5.74) is 4.85. The second-order valence-corrected chi connectivity index (χ2v) is 16.6. The first-order valence-electron chi connectivity index (χ1n) is 16.3. The largest absolute Gasteiger partial charge is 0.496 e. The number of nitrogens with zero attached hydrogens (tertiary/aromatic N) is 2. The molecule has 0 spiro atoms. The van der Waals surface area contributed by atoms with E-state index in [2.05, 4.69) is 15.6 Å². The van der Waals surface area contributed by atoms with Crippen LogP contribution in [0.3, 0.4) is 0 Å². The van der Waals surface area contributed by atoms with Crippen LogP contribution in [0.5, 0.6) is 11.6 Å². The van der Waals surface area contributed by atoms with Gasteiger partial charge in [0.05, 0.1) is 47.2 Å². The van der Waals surface area contributed by atoms with Gasteiger partial charge in [0.15, 0.2) is 0 Å². The number of pyridine rings is 2. The number of nitrogens with one attached hydrogen (secondary N) is 2. The van der Waals surface area contributed by atoms with Crippen LogP contribution in [0.1, 0.15) is 36.8 Å². The molecule has 0 unspecified atom stereocenters. The quantitative estimate of drug-likeness (QED) is 0.161. The van der Waals surface area contributed by atoms with Gasteiger partial charge in [-0.2, -0.15) is 11.8 Å². The van der Waals surface area contributed by atoms with Crippen LogP contribution in [0, 0.1) is 5.82 Å². The number of benzene rings is 2. The predicted molar refractivity (Wildman–Crippen MR) is 197 cm³/mol. The van der Waals surface area contributed by atoms with E-state index in [0.29, 0.717) is 80.7 Å². The average Bonchev–Trinajstić information content (AvgIpc) is 3.11. The second kappa shape index (κ2) is 16.0. The molecule has 13 heteroatoms. The molecule has 0 aliphatic carbocycles. The summed E-state index contributed by atoms with van der Waals surface area (Å²) in [5, 5.41) is 7.70. The number of halogens is 3. The highest BCUT2D eigenvalue weighted by Gasteiger charge is 2.25. The highest BCUT2D eigenvalue weighted by molar-refractivity contribution is 7.99. The van der Waals surface area contributed by atoms with E-state index in [1.165, 1.54) is 24.7 Å². The van der Waals surface area contributed by atoms with Gasteiger partial charge in [-0.1, -0.05) is 47.5 Å². The fraction of sp³-hybridized carbons (Fsp3) is 0.389. The van der Waals surface area contributed by atoms with Gasteiger partial charge in [0.2, 0.25) is 5.88 Å². The van der Waals surface area contributed by atoms with Gasteiger partial charge in [0, 0.05) is 64.8 Å². The number of sulfone groups is 1. The van der Waals surface area contributed by atoms with Gasteiger partial charge in [0.25, 0.3) is 0 Å². The van der Waals surface area contributed by atoms with Crippen LogP contribution in [0.15, 0.2) is 54.7 Å². The van der Waals surface area contributed by atoms with Crippen LogP contribution in [0.4, 0.5) is 4.39 Å². The van der Waals surface area contributed by atoms with E-state index < -0.39 is 15.7 Å². The van der Waals surface area contributed by atoms with E-state index in [1.807, 2.05) is 42.1 Å². The third-order valence-electron chi connectivity index (χ3n) is 9.16. The van der Waals surface area contributed by atoms with Crippen LogP contribution in [-0.4, -0.2) is 67.7 Å². The molecular formula is C36H39Cl2FN4O4S2. The molecule has 2 aromatic heterocycles. The standard InChI is InChI=1S/C36H39Cl2FN4O4S2/c1-46-32-19-23(18-30(39)29(32)21-42-25-11-16-49(44,45)17-12-25)35-34(38)27(8-13-40-35)26-4-3-5-28(33(26)37)31-7-6-22(36(43-31)47-2)20-41-24-9-14-48-15-10-24/h3-8,13,18-19,24-25,41-42H,9-12,14-17,20-21H2,1-2H3. The van der Waals surface area contributed by atoms with Crippen molar-refractivity contribution in [3.05, 3.63) is 81.7 Å². The van der Waals surface area contributed by atoms with Crippen LogP contribution < -0.4 is 20.1 Å². The fourth-order valence-corrected chi connectivity index (χ4v) is 9.56. The molecule has 2 aromatic carbocycles. The van der Waals surface area contributed by atoms with E-state index in [1.54, 1.807) is 25.4 Å². The topological polar surface area (TPSA) is 102 Å². The van der Waals surface area contributed by atoms with E-state index in [-0.39, 0.29) is 24.1 Å². The van der Waals surface area contributed by atoms with E-state index in [4.69, 9.17) is 37.7 Å². The Hall–Kier alpha value is -2.93. The molecule has 2 aliphatic heterocycles. The number of methoxy groups -OCH3 is 2. The van der Waals surface area contributed by atoms with Gasteiger partial charge >= 0.3 is 0 Å². The first-order valence-corrected chi connectivity index (χ1v) is 20.0. The van der Waals surface area contributed by atoms with Crippen molar-refractivity contribution in [1.82, 2.24) is 20.6 Å². The summed E-state index contributed by atoms with van der Waals surface area (Å²) in [6, 6.07) is 15.0. The Balaban J connectivity index is 1.25. The number of rotatable bonds is 11.